The van der Waals surface area contributed by atoms with Crippen LogP contribution in [-0.2, 0) is 18.5 Å². The monoisotopic (exact) mass is 795 g/mol. The number of rotatable bonds is 11. The first-order chi connectivity index (χ1) is 26.5. The van der Waals surface area contributed by atoms with Gasteiger partial charge in [-0.2, -0.15) is 0 Å². The highest BCUT2D eigenvalue weighted by molar-refractivity contribution is 9.10. The third kappa shape index (κ3) is 5.91. The van der Waals surface area contributed by atoms with Crippen molar-refractivity contribution < 1.29 is 9.21 Å². The summed E-state index contributed by atoms with van der Waals surface area (Å²) in [6.45, 7) is 2.40. The van der Waals surface area contributed by atoms with Crippen molar-refractivity contribution >= 4 is 33.4 Å². The number of benzene rings is 4. The summed E-state index contributed by atoms with van der Waals surface area (Å²) in [5.41, 5.74) is 7.73. The Kier molecular flexibility index (Phi) is 9.70. The molecule has 0 fully saturated rings. The van der Waals surface area contributed by atoms with E-state index < -0.39 is 5.54 Å². The maximum absolute atomic E-state index is 13.2. The number of nitrogens with one attached hydrogen (secondary N) is 1. The van der Waals surface area contributed by atoms with Gasteiger partial charge in [0, 0.05) is 34.6 Å². The third-order valence-corrected chi connectivity index (χ3v) is 10.9. The Hall–Kier alpha value is -5.84. The molecule has 2 aromatic heterocycles. The van der Waals surface area contributed by atoms with Gasteiger partial charge in [0.05, 0.1) is 19.1 Å². The standard InChI is InChI=1S/C43H35BrClN7O2/c1-3-15-36-47-40(45)39(42(53)46-2)51(36)26-34-31-24-25-54-27-35(31)38(44)37(34)32-22-13-14-23-33(32)41-48-50-52(49-41)43(28-16-7-4-8-17-28,29-18-9-5-10-19-29)30-20-11-6-12-21-30/h4-14,16-25,27H,3,15,26H2,1-2H3,(H,46,53). The summed E-state index contributed by atoms with van der Waals surface area (Å²) in [5, 5.41) is 17.7. The number of amides is 1. The molecule has 9 nitrogen and oxygen atoms in total. The van der Waals surface area contributed by atoms with Gasteiger partial charge in [0.2, 0.25) is 5.82 Å². The van der Waals surface area contributed by atoms with Gasteiger partial charge >= 0.3 is 0 Å². The summed E-state index contributed by atoms with van der Waals surface area (Å²) >= 11 is 10.6. The summed E-state index contributed by atoms with van der Waals surface area (Å²) in [4.78, 5) is 19.6. The second kappa shape index (κ2) is 14.9. The fourth-order valence-corrected chi connectivity index (χ4v) is 8.48. The van der Waals surface area contributed by atoms with Crippen LogP contribution in [0.5, 0.6) is 0 Å². The van der Waals surface area contributed by atoms with Gasteiger partial charge in [-0.1, -0.05) is 134 Å². The van der Waals surface area contributed by atoms with Crippen molar-refractivity contribution in [2.75, 3.05) is 7.05 Å². The molecule has 11 heteroatoms. The number of imidazole rings is 1. The van der Waals surface area contributed by atoms with Gasteiger partial charge in [-0.05, 0) is 67.0 Å². The van der Waals surface area contributed by atoms with E-state index in [-0.39, 0.29) is 11.1 Å². The molecule has 0 unspecified atom stereocenters. The molecule has 54 heavy (non-hydrogen) atoms. The normalized spacial score (nSPS) is 11.6. The average molecular weight is 797 g/mol. The van der Waals surface area contributed by atoms with Crippen LogP contribution in [-0.4, -0.2) is 42.7 Å². The van der Waals surface area contributed by atoms with E-state index in [0.29, 0.717) is 24.5 Å². The Morgan fingerprint density at radius 2 is 1.41 bits per heavy atom. The minimum absolute atomic E-state index is 0.171. The molecule has 268 valence electrons. The van der Waals surface area contributed by atoms with Crippen LogP contribution >= 0.6 is 27.5 Å². The van der Waals surface area contributed by atoms with Crippen LogP contribution in [0.3, 0.4) is 0 Å². The van der Waals surface area contributed by atoms with Gasteiger partial charge in [0.15, 0.2) is 10.7 Å². The Morgan fingerprint density at radius 3 is 2.00 bits per heavy atom. The molecule has 0 bridgehead atoms. The Bertz CT molecular complexity index is 2430. The number of nitrogens with zero attached hydrogens (tertiary/aromatic N) is 6. The van der Waals surface area contributed by atoms with Crippen molar-refractivity contribution in [2.45, 2.75) is 31.8 Å². The van der Waals surface area contributed by atoms with E-state index in [0.717, 1.165) is 66.8 Å². The molecule has 6 aromatic rings. The summed E-state index contributed by atoms with van der Waals surface area (Å²) in [7, 11) is 1.59. The van der Waals surface area contributed by atoms with Crippen molar-refractivity contribution in [3.05, 3.63) is 177 Å². The highest BCUT2D eigenvalue weighted by atomic mass is 79.9. The minimum Gasteiger partial charge on any atom is -0.472 e. The van der Waals surface area contributed by atoms with E-state index in [2.05, 4.69) is 75.6 Å². The molecule has 3 heterocycles. The lowest BCUT2D eigenvalue weighted by Crippen LogP contribution is -2.39. The molecule has 4 aromatic carbocycles. The van der Waals surface area contributed by atoms with Crippen molar-refractivity contribution in [1.29, 1.82) is 0 Å². The van der Waals surface area contributed by atoms with Crippen LogP contribution in [0.4, 0.5) is 0 Å². The Morgan fingerprint density at radius 1 is 0.815 bits per heavy atom. The van der Waals surface area contributed by atoms with Gasteiger partial charge in [0.1, 0.15) is 11.5 Å². The third-order valence-electron chi connectivity index (χ3n) is 9.83. The number of hydrogen-bond donors (Lipinski definition) is 1. The number of carbonyl (C=O) groups excluding carboxylic acids is 1. The first-order valence-corrected chi connectivity index (χ1v) is 18.8. The van der Waals surface area contributed by atoms with Crippen LogP contribution in [0.25, 0.3) is 33.6 Å². The van der Waals surface area contributed by atoms with E-state index in [1.165, 1.54) is 0 Å². The number of carbonyl (C=O) groups is 1. The number of aryl methyl sites for hydroxylation is 1. The van der Waals surface area contributed by atoms with E-state index in [1.807, 2.05) is 83.4 Å². The van der Waals surface area contributed by atoms with Crippen LogP contribution in [0.1, 0.15) is 51.9 Å². The lowest BCUT2D eigenvalue weighted by atomic mass is 9.77. The second-order valence-corrected chi connectivity index (χ2v) is 14.0. The number of halogens is 2. The van der Waals surface area contributed by atoms with Crippen molar-refractivity contribution in [3.8, 4) is 33.6 Å². The Labute approximate surface area is 326 Å². The molecule has 1 aliphatic carbocycles. The number of aromatic nitrogens is 6. The van der Waals surface area contributed by atoms with Crippen molar-refractivity contribution in [1.82, 2.24) is 35.1 Å². The summed E-state index contributed by atoms with van der Waals surface area (Å²) in [6, 6.07) is 40.8. The van der Waals surface area contributed by atoms with Crippen molar-refractivity contribution in [3.63, 3.8) is 0 Å². The van der Waals surface area contributed by atoms with Crippen molar-refractivity contribution in [2.24, 2.45) is 0 Å². The quantitative estimate of drug-likeness (QED) is 0.131. The molecule has 1 N–H and O–H groups in total. The maximum Gasteiger partial charge on any atom is 0.270 e. The molecule has 0 radical (unpaired) electrons. The molecule has 0 saturated carbocycles. The molecular weight excluding hydrogens is 762 g/mol. The Balaban J connectivity index is 1.34. The summed E-state index contributed by atoms with van der Waals surface area (Å²) in [5.74, 6) is 0.880. The predicted octanol–water partition coefficient (Wildman–Crippen LogP) is 9.52. The smallest absolute Gasteiger partial charge is 0.270 e. The SMILES string of the molecule is CCCc1nc(Cl)c(C(=O)NC)n1Cc1c2ccocc-2c(Br)c1-c1ccccc1-c1nnn(C(c2ccccc2)(c2ccccc2)c2ccccc2)n1. The zero-order chi connectivity index (χ0) is 37.2. The summed E-state index contributed by atoms with van der Waals surface area (Å²) < 4.78 is 8.44. The topological polar surface area (TPSA) is 104 Å². The lowest BCUT2D eigenvalue weighted by molar-refractivity contribution is 0.0954. The fourth-order valence-electron chi connectivity index (χ4n) is 7.44. The van der Waals surface area contributed by atoms with Gasteiger partial charge in [0.25, 0.3) is 5.91 Å². The maximum atomic E-state index is 13.2. The zero-order valence-electron chi connectivity index (χ0n) is 29.6. The van der Waals surface area contributed by atoms with Gasteiger partial charge < -0.3 is 14.3 Å². The van der Waals surface area contributed by atoms with Crippen LogP contribution in [0.2, 0.25) is 5.15 Å². The molecule has 8 rings (SSSR count). The van der Waals surface area contributed by atoms with Crippen LogP contribution in [0, 0.1) is 0 Å². The second-order valence-electron chi connectivity index (χ2n) is 12.9. The van der Waals surface area contributed by atoms with E-state index in [1.54, 1.807) is 24.4 Å². The van der Waals surface area contributed by atoms with Gasteiger partial charge in [-0.3, -0.25) is 4.79 Å². The highest BCUT2D eigenvalue weighted by Gasteiger charge is 2.41. The van der Waals surface area contributed by atoms with Crippen LogP contribution in [0.15, 0.2) is 143 Å². The van der Waals surface area contributed by atoms with Gasteiger partial charge in [-0.15, -0.1) is 15.0 Å². The molecule has 0 spiro atoms. The largest absolute Gasteiger partial charge is 0.472 e. The minimum atomic E-state index is -0.932. The molecule has 0 atom stereocenters. The zero-order valence-corrected chi connectivity index (χ0v) is 31.9. The summed E-state index contributed by atoms with van der Waals surface area (Å²) in [6.07, 6.45) is 4.87. The number of hydrogen-bond acceptors (Lipinski definition) is 6. The fraction of sp³-hybridized carbons (Fsp3) is 0.140. The molecule has 0 saturated heterocycles. The van der Waals surface area contributed by atoms with E-state index in [4.69, 9.17) is 31.4 Å². The molecule has 2 aliphatic rings. The van der Waals surface area contributed by atoms with E-state index >= 15 is 0 Å². The predicted molar refractivity (Wildman–Crippen MR) is 214 cm³/mol. The molecule has 1 amide bonds. The first kappa shape index (κ1) is 35.2. The average Bonchev–Trinajstić information content (AvgIpc) is 3.91. The first-order valence-electron chi connectivity index (χ1n) is 17.7. The lowest BCUT2D eigenvalue weighted by Gasteiger charge is -2.34. The van der Waals surface area contributed by atoms with Crippen LogP contribution < -0.4 is 5.32 Å². The number of fused-ring (bicyclic) bond motifs is 1. The van der Waals surface area contributed by atoms with E-state index in [9.17, 15) is 4.79 Å². The van der Waals surface area contributed by atoms with Gasteiger partial charge in [-0.25, -0.2) is 4.98 Å². The molecule has 1 aliphatic heterocycles. The molecular formula is C43H35BrClN7O2. The highest BCUT2D eigenvalue weighted by Crippen LogP contribution is 2.49. The number of tetrazole rings is 1.